The molecule has 0 amide bonds. The fourth-order valence-electron chi connectivity index (χ4n) is 1.99. The van der Waals surface area contributed by atoms with Crippen molar-refractivity contribution in [2.45, 2.75) is 34.1 Å². The van der Waals surface area contributed by atoms with E-state index < -0.39 is 0 Å². The molecule has 16 heavy (non-hydrogen) atoms. The molecule has 0 atom stereocenters. The summed E-state index contributed by atoms with van der Waals surface area (Å²) >= 11 is 2.01. The van der Waals surface area contributed by atoms with Gasteiger partial charge in [-0.3, -0.25) is 0 Å². The lowest BCUT2D eigenvalue weighted by Crippen LogP contribution is -2.06. The molecule has 1 rings (SSSR count). The van der Waals surface area contributed by atoms with Gasteiger partial charge in [-0.25, -0.2) is 0 Å². The summed E-state index contributed by atoms with van der Waals surface area (Å²) < 4.78 is 0. The van der Waals surface area contributed by atoms with Crippen molar-refractivity contribution in [2.75, 3.05) is 23.4 Å². The zero-order valence-corrected chi connectivity index (χ0v) is 11.7. The molecule has 1 nitrogen and oxygen atoms in total. The molecule has 0 aromatic heterocycles. The average Bonchev–Trinajstić information content (AvgIpc) is 2.20. The Morgan fingerprint density at radius 1 is 1.12 bits per heavy atom. The number of hydrogen-bond donors (Lipinski definition) is 1. The Hall–Kier alpha value is -0.630. The van der Waals surface area contributed by atoms with Crippen molar-refractivity contribution in [1.29, 1.82) is 0 Å². The maximum atomic E-state index is 3.55. The van der Waals surface area contributed by atoms with Crippen LogP contribution in [0, 0.1) is 20.8 Å². The van der Waals surface area contributed by atoms with Crippen LogP contribution in [0.2, 0.25) is 0 Å². The number of hydrogen-bond acceptors (Lipinski definition) is 2. The molecule has 0 spiro atoms. The summed E-state index contributed by atoms with van der Waals surface area (Å²) in [6.07, 6.45) is 1.24. The Bertz CT molecular complexity index is 311. The molecule has 1 N–H and O–H groups in total. The van der Waals surface area contributed by atoms with Crippen LogP contribution >= 0.6 is 11.8 Å². The van der Waals surface area contributed by atoms with Crippen LogP contribution in [0.25, 0.3) is 0 Å². The zero-order valence-electron chi connectivity index (χ0n) is 10.9. The van der Waals surface area contributed by atoms with Gasteiger partial charge in [-0.2, -0.15) is 11.8 Å². The average molecular weight is 237 g/mol. The third-order valence-electron chi connectivity index (χ3n) is 2.65. The van der Waals surface area contributed by atoms with Gasteiger partial charge in [0.15, 0.2) is 0 Å². The minimum absolute atomic E-state index is 1.08. The second-order valence-corrected chi connectivity index (χ2v) is 5.64. The number of anilines is 1. The van der Waals surface area contributed by atoms with Crippen LogP contribution in [0.15, 0.2) is 12.1 Å². The van der Waals surface area contributed by atoms with E-state index in [2.05, 4.69) is 45.1 Å². The van der Waals surface area contributed by atoms with Crippen LogP contribution in [0.1, 0.15) is 30.0 Å². The first-order valence-corrected chi connectivity index (χ1v) is 7.20. The van der Waals surface area contributed by atoms with Crippen molar-refractivity contribution in [3.63, 3.8) is 0 Å². The molecule has 0 saturated heterocycles. The second kappa shape index (κ2) is 6.85. The highest BCUT2D eigenvalue weighted by Crippen LogP contribution is 2.21. The fraction of sp³-hybridized carbons (Fsp3) is 0.571. The lowest BCUT2D eigenvalue weighted by atomic mass is 10.1. The normalized spacial score (nSPS) is 10.5. The first kappa shape index (κ1) is 13.4. The molecule has 0 fully saturated rings. The molecule has 0 bridgehead atoms. The first-order valence-electron chi connectivity index (χ1n) is 6.04. The molecule has 0 aliphatic heterocycles. The van der Waals surface area contributed by atoms with Gasteiger partial charge < -0.3 is 5.32 Å². The number of thioether (sulfide) groups is 1. The highest BCUT2D eigenvalue weighted by atomic mass is 32.2. The molecule has 0 radical (unpaired) electrons. The summed E-state index contributed by atoms with van der Waals surface area (Å²) in [5, 5.41) is 3.55. The molecule has 1 aromatic carbocycles. The van der Waals surface area contributed by atoms with Gasteiger partial charge in [0.2, 0.25) is 0 Å². The van der Waals surface area contributed by atoms with Crippen molar-refractivity contribution >= 4 is 17.4 Å². The van der Waals surface area contributed by atoms with Crippen LogP contribution in [-0.2, 0) is 0 Å². The number of benzene rings is 1. The molecule has 2 heteroatoms. The Morgan fingerprint density at radius 2 is 1.75 bits per heavy atom. The molecular formula is C14H23NS. The van der Waals surface area contributed by atoms with Gasteiger partial charge in [0.05, 0.1) is 0 Å². The summed E-state index contributed by atoms with van der Waals surface area (Å²) in [7, 11) is 0. The Morgan fingerprint density at radius 3 is 2.31 bits per heavy atom. The van der Waals surface area contributed by atoms with Crippen LogP contribution < -0.4 is 5.32 Å². The van der Waals surface area contributed by atoms with Gasteiger partial charge in [0.1, 0.15) is 0 Å². The van der Waals surface area contributed by atoms with E-state index in [0.29, 0.717) is 0 Å². The van der Waals surface area contributed by atoms with Gasteiger partial charge in [0, 0.05) is 12.2 Å². The molecule has 0 saturated carbocycles. The van der Waals surface area contributed by atoms with Gasteiger partial charge in [-0.05, 0) is 49.8 Å². The lowest BCUT2D eigenvalue weighted by molar-refractivity contribution is 0.986. The van der Waals surface area contributed by atoms with Crippen molar-refractivity contribution in [3.05, 3.63) is 28.8 Å². The SMILES string of the molecule is CCSCCCNc1c(C)cc(C)cc1C. The van der Waals surface area contributed by atoms with Gasteiger partial charge in [-0.15, -0.1) is 0 Å². The fourth-order valence-corrected chi connectivity index (χ4v) is 2.63. The van der Waals surface area contributed by atoms with E-state index in [1.54, 1.807) is 0 Å². The Kier molecular flexibility index (Phi) is 5.75. The molecule has 90 valence electrons. The van der Waals surface area contributed by atoms with Crippen LogP contribution in [0.3, 0.4) is 0 Å². The third-order valence-corrected chi connectivity index (χ3v) is 3.63. The van der Waals surface area contributed by atoms with Gasteiger partial charge >= 0.3 is 0 Å². The lowest BCUT2D eigenvalue weighted by Gasteiger charge is -2.13. The monoisotopic (exact) mass is 237 g/mol. The van der Waals surface area contributed by atoms with E-state index in [9.17, 15) is 0 Å². The summed E-state index contributed by atoms with van der Waals surface area (Å²) in [4.78, 5) is 0. The van der Waals surface area contributed by atoms with E-state index in [1.165, 1.54) is 40.3 Å². The quantitative estimate of drug-likeness (QED) is 0.745. The largest absolute Gasteiger partial charge is 0.385 e. The molecule has 0 unspecified atom stereocenters. The van der Waals surface area contributed by atoms with E-state index in [-0.39, 0.29) is 0 Å². The van der Waals surface area contributed by atoms with Crippen molar-refractivity contribution in [2.24, 2.45) is 0 Å². The number of nitrogens with one attached hydrogen (secondary N) is 1. The van der Waals surface area contributed by atoms with Crippen LogP contribution in [-0.4, -0.2) is 18.1 Å². The highest BCUT2D eigenvalue weighted by molar-refractivity contribution is 7.99. The molecule has 0 heterocycles. The third kappa shape index (κ3) is 4.09. The summed E-state index contributed by atoms with van der Waals surface area (Å²) in [5.74, 6) is 2.48. The number of rotatable bonds is 6. The van der Waals surface area contributed by atoms with Crippen molar-refractivity contribution in [1.82, 2.24) is 0 Å². The molecular weight excluding hydrogens is 214 g/mol. The Labute approximate surface area is 104 Å². The van der Waals surface area contributed by atoms with Gasteiger partial charge in [0.25, 0.3) is 0 Å². The summed E-state index contributed by atoms with van der Waals surface area (Å²) in [6.45, 7) is 9.82. The minimum atomic E-state index is 1.08. The van der Waals surface area contributed by atoms with Crippen LogP contribution in [0.5, 0.6) is 0 Å². The maximum absolute atomic E-state index is 3.55. The van der Waals surface area contributed by atoms with E-state index in [1.807, 2.05) is 11.8 Å². The zero-order chi connectivity index (χ0) is 12.0. The number of aryl methyl sites for hydroxylation is 3. The summed E-state index contributed by atoms with van der Waals surface area (Å²) in [6, 6.07) is 4.49. The summed E-state index contributed by atoms with van der Waals surface area (Å²) in [5.41, 5.74) is 5.40. The van der Waals surface area contributed by atoms with E-state index >= 15 is 0 Å². The Balaban J connectivity index is 2.47. The predicted octanol–water partition coefficient (Wildman–Crippen LogP) is 4.17. The topological polar surface area (TPSA) is 12.0 Å². The van der Waals surface area contributed by atoms with Gasteiger partial charge in [-0.1, -0.05) is 24.6 Å². The molecule has 1 aromatic rings. The van der Waals surface area contributed by atoms with Crippen molar-refractivity contribution < 1.29 is 0 Å². The maximum Gasteiger partial charge on any atom is 0.0399 e. The van der Waals surface area contributed by atoms with E-state index in [4.69, 9.17) is 0 Å². The van der Waals surface area contributed by atoms with E-state index in [0.717, 1.165) is 6.54 Å². The minimum Gasteiger partial charge on any atom is -0.385 e. The predicted molar refractivity (Wildman–Crippen MR) is 76.8 cm³/mol. The second-order valence-electron chi connectivity index (χ2n) is 4.25. The van der Waals surface area contributed by atoms with Crippen LogP contribution in [0.4, 0.5) is 5.69 Å². The first-order chi connectivity index (χ1) is 7.65. The highest BCUT2D eigenvalue weighted by Gasteiger charge is 2.02. The molecule has 0 aliphatic rings. The molecule has 0 aliphatic carbocycles. The smallest absolute Gasteiger partial charge is 0.0399 e. The standard InChI is InChI=1S/C14H23NS/c1-5-16-8-6-7-15-14-12(3)9-11(2)10-13(14)4/h9-10,15H,5-8H2,1-4H3. The van der Waals surface area contributed by atoms with Crippen molar-refractivity contribution in [3.8, 4) is 0 Å².